The Kier molecular flexibility index (Phi) is 7.65. The van der Waals surface area contributed by atoms with E-state index in [2.05, 4.69) is 49.9 Å². The van der Waals surface area contributed by atoms with Gasteiger partial charge in [0.05, 0.1) is 0 Å². The molecule has 104 valence electrons. The molecule has 1 unspecified atom stereocenters. The molecule has 0 radical (unpaired) electrons. The molecule has 1 aliphatic heterocycles. The van der Waals surface area contributed by atoms with Crippen molar-refractivity contribution < 1.29 is 0 Å². The van der Waals surface area contributed by atoms with E-state index in [1.165, 1.54) is 32.7 Å². The fourth-order valence-electron chi connectivity index (χ4n) is 1.96. The van der Waals surface area contributed by atoms with Gasteiger partial charge in [-0.3, -0.25) is 4.90 Å². The first kappa shape index (κ1) is 17.2. The molecule has 17 heavy (non-hydrogen) atoms. The van der Waals surface area contributed by atoms with Gasteiger partial charge in [-0.15, -0.1) is 12.4 Å². The molecule has 4 heteroatoms. The van der Waals surface area contributed by atoms with Gasteiger partial charge in [0.1, 0.15) is 0 Å². The van der Waals surface area contributed by atoms with Crippen LogP contribution in [-0.2, 0) is 0 Å². The molecule has 1 fully saturated rings. The predicted octanol–water partition coefficient (Wildman–Crippen LogP) is 1.68. The van der Waals surface area contributed by atoms with E-state index in [1.54, 1.807) is 0 Å². The van der Waals surface area contributed by atoms with Crippen LogP contribution in [0.3, 0.4) is 0 Å². The highest BCUT2D eigenvalue weighted by atomic mass is 35.5. The first-order valence-electron chi connectivity index (χ1n) is 6.51. The van der Waals surface area contributed by atoms with Gasteiger partial charge in [0, 0.05) is 45.3 Å². The third kappa shape index (κ3) is 7.98. The lowest BCUT2D eigenvalue weighted by atomic mass is 9.96. The molecule has 0 aromatic heterocycles. The second-order valence-corrected chi connectivity index (χ2v) is 6.45. The van der Waals surface area contributed by atoms with Crippen LogP contribution >= 0.6 is 12.4 Å². The van der Waals surface area contributed by atoms with Crippen molar-refractivity contribution in [1.29, 1.82) is 0 Å². The second kappa shape index (κ2) is 7.57. The molecule has 0 saturated carbocycles. The van der Waals surface area contributed by atoms with Crippen LogP contribution in [-0.4, -0.2) is 62.2 Å². The zero-order valence-corrected chi connectivity index (χ0v) is 12.9. The Morgan fingerprint density at radius 3 is 2.12 bits per heavy atom. The van der Waals surface area contributed by atoms with Crippen LogP contribution in [0.1, 0.15) is 27.7 Å². The van der Waals surface area contributed by atoms with E-state index in [9.17, 15) is 0 Å². The van der Waals surface area contributed by atoms with Crippen molar-refractivity contribution in [3.63, 3.8) is 0 Å². The van der Waals surface area contributed by atoms with E-state index in [-0.39, 0.29) is 12.4 Å². The first-order valence-corrected chi connectivity index (χ1v) is 6.51. The van der Waals surface area contributed by atoms with Crippen molar-refractivity contribution >= 4 is 12.4 Å². The highest BCUT2D eigenvalue weighted by Crippen LogP contribution is 2.11. The number of hydrogen-bond acceptors (Lipinski definition) is 3. The van der Waals surface area contributed by atoms with E-state index in [1.807, 2.05) is 0 Å². The number of nitrogens with zero attached hydrogens (tertiary/aromatic N) is 2. The predicted molar refractivity (Wildman–Crippen MR) is 78.1 cm³/mol. The summed E-state index contributed by atoms with van der Waals surface area (Å²) < 4.78 is 0. The van der Waals surface area contributed by atoms with Gasteiger partial charge in [-0.1, -0.05) is 20.8 Å². The Hall–Kier alpha value is 0.170. The number of rotatable bonds is 4. The van der Waals surface area contributed by atoms with Crippen LogP contribution in [0, 0.1) is 5.41 Å². The maximum absolute atomic E-state index is 3.63. The van der Waals surface area contributed by atoms with Gasteiger partial charge in [0.15, 0.2) is 0 Å². The zero-order chi connectivity index (χ0) is 12.2. The van der Waals surface area contributed by atoms with Gasteiger partial charge >= 0.3 is 0 Å². The summed E-state index contributed by atoms with van der Waals surface area (Å²) >= 11 is 0. The second-order valence-electron chi connectivity index (χ2n) is 6.45. The summed E-state index contributed by atoms with van der Waals surface area (Å²) in [6, 6.07) is 0.600. The summed E-state index contributed by atoms with van der Waals surface area (Å²) in [4.78, 5) is 4.98. The largest absolute Gasteiger partial charge is 0.312 e. The Bertz CT molecular complexity index is 195. The summed E-state index contributed by atoms with van der Waals surface area (Å²) in [6.45, 7) is 16.3. The molecule has 0 bridgehead atoms. The lowest BCUT2D eigenvalue weighted by Crippen LogP contribution is -2.49. The summed E-state index contributed by atoms with van der Waals surface area (Å²) in [5, 5.41) is 3.63. The van der Waals surface area contributed by atoms with Crippen molar-refractivity contribution in [1.82, 2.24) is 15.1 Å². The maximum Gasteiger partial charge on any atom is 0.0166 e. The van der Waals surface area contributed by atoms with E-state index < -0.39 is 0 Å². The van der Waals surface area contributed by atoms with Gasteiger partial charge in [-0.05, 0) is 19.4 Å². The molecule has 1 aliphatic rings. The Labute approximate surface area is 113 Å². The topological polar surface area (TPSA) is 18.5 Å². The number of likely N-dealkylation sites (N-methyl/N-ethyl adjacent to an activating group) is 1. The standard InChI is InChI=1S/C13H29N3.ClH/c1-12(14-11-13(2,3)4)10-16-8-6-15(5)7-9-16;/h12,14H,6-11H2,1-5H3;1H. The van der Waals surface area contributed by atoms with Crippen molar-refractivity contribution in [2.75, 3.05) is 46.3 Å². The quantitative estimate of drug-likeness (QED) is 0.833. The molecule has 0 amide bonds. The van der Waals surface area contributed by atoms with E-state index in [4.69, 9.17) is 0 Å². The maximum atomic E-state index is 3.63. The highest BCUT2D eigenvalue weighted by molar-refractivity contribution is 5.85. The average Bonchev–Trinajstić information content (AvgIpc) is 2.18. The minimum Gasteiger partial charge on any atom is -0.312 e. The van der Waals surface area contributed by atoms with E-state index in [0.29, 0.717) is 11.5 Å². The monoisotopic (exact) mass is 263 g/mol. The van der Waals surface area contributed by atoms with Gasteiger partial charge < -0.3 is 10.2 Å². The number of halogens is 1. The minimum atomic E-state index is 0. The molecule has 3 nitrogen and oxygen atoms in total. The molecule has 0 aromatic rings. The van der Waals surface area contributed by atoms with Crippen LogP contribution in [0.2, 0.25) is 0 Å². The van der Waals surface area contributed by atoms with Crippen LogP contribution in [0.25, 0.3) is 0 Å². The number of nitrogens with one attached hydrogen (secondary N) is 1. The molecule has 0 spiro atoms. The molecule has 1 atom stereocenters. The smallest absolute Gasteiger partial charge is 0.0166 e. The van der Waals surface area contributed by atoms with Gasteiger partial charge in [-0.25, -0.2) is 0 Å². The normalized spacial score (nSPS) is 21.0. The lowest BCUT2D eigenvalue weighted by Gasteiger charge is -2.34. The third-order valence-electron chi connectivity index (χ3n) is 3.11. The van der Waals surface area contributed by atoms with Crippen molar-refractivity contribution in [3.05, 3.63) is 0 Å². The van der Waals surface area contributed by atoms with Crippen molar-refractivity contribution in [3.8, 4) is 0 Å². The molecular weight excluding hydrogens is 234 g/mol. The first-order chi connectivity index (χ1) is 7.37. The molecule has 0 aliphatic carbocycles. The minimum absolute atomic E-state index is 0. The van der Waals surface area contributed by atoms with E-state index >= 15 is 0 Å². The fraction of sp³-hybridized carbons (Fsp3) is 1.00. The average molecular weight is 264 g/mol. The summed E-state index contributed by atoms with van der Waals surface area (Å²) in [6.07, 6.45) is 0. The van der Waals surface area contributed by atoms with Crippen LogP contribution in [0.15, 0.2) is 0 Å². The molecule has 0 aromatic carbocycles. The summed E-state index contributed by atoms with van der Waals surface area (Å²) in [5.74, 6) is 0. The fourth-order valence-corrected chi connectivity index (χ4v) is 1.96. The Morgan fingerprint density at radius 1 is 1.12 bits per heavy atom. The van der Waals surface area contributed by atoms with Crippen LogP contribution in [0.5, 0.6) is 0 Å². The SMILES string of the molecule is CC(CN1CCN(C)CC1)NCC(C)(C)C.Cl. The van der Waals surface area contributed by atoms with Gasteiger partial charge in [0.2, 0.25) is 0 Å². The van der Waals surface area contributed by atoms with Crippen LogP contribution in [0.4, 0.5) is 0 Å². The van der Waals surface area contributed by atoms with Crippen molar-refractivity contribution in [2.24, 2.45) is 5.41 Å². The zero-order valence-electron chi connectivity index (χ0n) is 12.1. The Balaban J connectivity index is 0.00000256. The molecular formula is C13H30ClN3. The number of piperazine rings is 1. The molecule has 1 saturated heterocycles. The van der Waals surface area contributed by atoms with Gasteiger partial charge in [-0.2, -0.15) is 0 Å². The number of hydrogen-bond donors (Lipinski definition) is 1. The lowest BCUT2D eigenvalue weighted by molar-refractivity contribution is 0.142. The summed E-state index contributed by atoms with van der Waals surface area (Å²) in [5.41, 5.74) is 0.385. The molecule has 1 rings (SSSR count). The molecule has 1 N–H and O–H groups in total. The Morgan fingerprint density at radius 2 is 1.65 bits per heavy atom. The summed E-state index contributed by atoms with van der Waals surface area (Å²) in [7, 11) is 2.21. The third-order valence-corrected chi connectivity index (χ3v) is 3.11. The van der Waals surface area contributed by atoms with Gasteiger partial charge in [0.25, 0.3) is 0 Å². The molecule has 1 heterocycles. The van der Waals surface area contributed by atoms with Crippen LogP contribution < -0.4 is 5.32 Å². The highest BCUT2D eigenvalue weighted by Gasteiger charge is 2.17. The van der Waals surface area contributed by atoms with Crippen molar-refractivity contribution in [2.45, 2.75) is 33.7 Å². The van der Waals surface area contributed by atoms with E-state index in [0.717, 1.165) is 6.54 Å².